The number of amides is 1. The van der Waals surface area contributed by atoms with E-state index in [1.165, 1.54) is 24.5 Å². The van der Waals surface area contributed by atoms with Gasteiger partial charge in [0.25, 0.3) is 0 Å². The molecule has 1 aromatic carbocycles. The van der Waals surface area contributed by atoms with E-state index in [0.717, 1.165) is 35.1 Å². The Hall–Kier alpha value is -2.73. The lowest BCUT2D eigenvalue weighted by molar-refractivity contribution is 0.0343. The van der Waals surface area contributed by atoms with Gasteiger partial charge in [0, 0.05) is 27.5 Å². The Balaban J connectivity index is 1.51. The Morgan fingerprint density at radius 3 is 2.63 bits per heavy atom. The van der Waals surface area contributed by atoms with Crippen LogP contribution in [0.4, 0.5) is 10.6 Å². The number of nitrogens with zero attached hydrogens (tertiary/aromatic N) is 5. The summed E-state index contributed by atoms with van der Waals surface area (Å²) in [5.41, 5.74) is 6.83. The van der Waals surface area contributed by atoms with E-state index in [1.54, 1.807) is 4.90 Å². The van der Waals surface area contributed by atoms with Crippen LogP contribution < -0.4 is 15.2 Å². The number of hydrogen-bond donors (Lipinski definition) is 2. The van der Waals surface area contributed by atoms with Gasteiger partial charge in [0.05, 0.1) is 0 Å². The predicted octanol–water partition coefficient (Wildman–Crippen LogP) is 6.17. The summed E-state index contributed by atoms with van der Waals surface area (Å²) in [6, 6.07) is 3.69. The number of benzene rings is 1. The molecule has 38 heavy (non-hydrogen) atoms. The molecule has 1 saturated carbocycles. The zero-order chi connectivity index (χ0) is 27.0. The number of rotatable bonds is 7. The van der Waals surface area contributed by atoms with Gasteiger partial charge in [0.15, 0.2) is 33.6 Å². The number of fused-ring (bicyclic) bond motifs is 2. The molecular formula is C26H33BrN6O4S. The Labute approximate surface area is 234 Å². The van der Waals surface area contributed by atoms with Gasteiger partial charge in [0.1, 0.15) is 6.33 Å². The molecule has 10 nitrogen and oxygen atoms in total. The highest BCUT2D eigenvalue weighted by Gasteiger charge is 2.38. The second-order valence-electron chi connectivity index (χ2n) is 10.8. The van der Waals surface area contributed by atoms with Crippen molar-refractivity contribution in [1.82, 2.24) is 24.4 Å². The van der Waals surface area contributed by atoms with E-state index in [4.69, 9.17) is 20.2 Å². The van der Waals surface area contributed by atoms with Crippen LogP contribution in [-0.2, 0) is 6.54 Å². The normalized spacial score (nSPS) is 16.6. The third kappa shape index (κ3) is 5.38. The summed E-state index contributed by atoms with van der Waals surface area (Å²) in [5.74, 6) is 1.99. The summed E-state index contributed by atoms with van der Waals surface area (Å²) in [7, 11) is 0. The summed E-state index contributed by atoms with van der Waals surface area (Å²) in [6.07, 6.45) is 6.75. The maximum Gasteiger partial charge on any atom is 0.407 e. The molecule has 0 radical (unpaired) electrons. The third-order valence-electron chi connectivity index (χ3n) is 7.26. The number of ether oxygens (including phenoxy) is 2. The van der Waals surface area contributed by atoms with Gasteiger partial charge in [-0.1, -0.05) is 31.0 Å². The Kier molecular flexibility index (Phi) is 7.63. The first-order valence-electron chi connectivity index (χ1n) is 12.9. The van der Waals surface area contributed by atoms with E-state index in [1.807, 2.05) is 37.5 Å². The van der Waals surface area contributed by atoms with Crippen LogP contribution in [-0.4, -0.2) is 54.0 Å². The largest absolute Gasteiger partial charge is 0.465 e. The maximum atomic E-state index is 12.5. The molecule has 204 valence electrons. The molecular weight excluding hydrogens is 572 g/mol. The molecule has 3 aromatic rings. The minimum Gasteiger partial charge on any atom is -0.465 e. The first kappa shape index (κ1) is 26.9. The summed E-state index contributed by atoms with van der Waals surface area (Å²) in [4.78, 5) is 28.6. The number of halogens is 1. The molecule has 0 saturated heterocycles. The highest BCUT2D eigenvalue weighted by Crippen LogP contribution is 2.43. The Bertz CT molecular complexity index is 1340. The van der Waals surface area contributed by atoms with Gasteiger partial charge in [-0.3, -0.25) is 0 Å². The number of imidazole rings is 1. The van der Waals surface area contributed by atoms with Crippen LogP contribution in [0, 0.1) is 5.92 Å². The summed E-state index contributed by atoms with van der Waals surface area (Å²) in [6.45, 7) is 6.64. The van der Waals surface area contributed by atoms with Crippen molar-refractivity contribution in [2.75, 3.05) is 12.5 Å². The second kappa shape index (κ2) is 10.8. The van der Waals surface area contributed by atoms with Crippen LogP contribution in [0.2, 0.25) is 0 Å². The minimum atomic E-state index is -0.881. The van der Waals surface area contributed by atoms with Crippen LogP contribution in [0.1, 0.15) is 59.3 Å². The lowest BCUT2D eigenvalue weighted by Crippen LogP contribution is -2.54. The van der Waals surface area contributed by atoms with E-state index in [2.05, 4.69) is 25.9 Å². The first-order chi connectivity index (χ1) is 18.1. The predicted molar refractivity (Wildman–Crippen MR) is 149 cm³/mol. The number of hydrogen-bond acceptors (Lipinski definition) is 8. The fourth-order valence-electron chi connectivity index (χ4n) is 5.57. The van der Waals surface area contributed by atoms with Gasteiger partial charge in [-0.25, -0.2) is 19.7 Å². The van der Waals surface area contributed by atoms with Gasteiger partial charge in [-0.05, 0) is 74.0 Å². The van der Waals surface area contributed by atoms with Gasteiger partial charge in [-0.15, -0.1) is 0 Å². The first-order valence-corrected chi connectivity index (χ1v) is 14.5. The van der Waals surface area contributed by atoms with Crippen molar-refractivity contribution >= 4 is 50.8 Å². The molecule has 12 heteroatoms. The van der Waals surface area contributed by atoms with Crippen LogP contribution in [0.5, 0.6) is 11.5 Å². The quantitative estimate of drug-likeness (QED) is 0.325. The molecule has 2 aromatic heterocycles. The molecule has 3 N–H and O–H groups in total. The summed E-state index contributed by atoms with van der Waals surface area (Å²) >= 11 is 5.11. The lowest BCUT2D eigenvalue weighted by atomic mass is 9.80. The molecule has 0 bridgehead atoms. The van der Waals surface area contributed by atoms with E-state index in [-0.39, 0.29) is 12.8 Å². The van der Waals surface area contributed by atoms with E-state index in [0.29, 0.717) is 52.5 Å². The van der Waals surface area contributed by atoms with E-state index in [9.17, 15) is 9.90 Å². The number of aromatic nitrogens is 4. The van der Waals surface area contributed by atoms with E-state index < -0.39 is 11.6 Å². The highest BCUT2D eigenvalue weighted by atomic mass is 79.9. The van der Waals surface area contributed by atoms with Gasteiger partial charge >= 0.3 is 6.09 Å². The van der Waals surface area contributed by atoms with Crippen LogP contribution >= 0.6 is 27.7 Å². The van der Waals surface area contributed by atoms with Gasteiger partial charge in [0.2, 0.25) is 6.79 Å². The topological polar surface area (TPSA) is 129 Å². The minimum absolute atomic E-state index is 0.125. The molecule has 1 fully saturated rings. The van der Waals surface area contributed by atoms with Crippen molar-refractivity contribution in [1.29, 1.82) is 0 Å². The maximum absolute atomic E-state index is 12.5. The van der Waals surface area contributed by atoms with Crippen LogP contribution in [0.15, 0.2) is 33.0 Å². The Morgan fingerprint density at radius 1 is 1.24 bits per heavy atom. The molecule has 2 aliphatic rings. The molecule has 1 aliphatic carbocycles. The average Bonchev–Trinajstić information content (AvgIpc) is 3.46. The molecule has 0 spiro atoms. The third-order valence-corrected chi connectivity index (χ3v) is 9.23. The Morgan fingerprint density at radius 2 is 1.95 bits per heavy atom. The summed E-state index contributed by atoms with van der Waals surface area (Å²) < 4.78 is 14.0. The molecule has 1 unspecified atom stereocenters. The van der Waals surface area contributed by atoms with Crippen molar-refractivity contribution in [2.24, 2.45) is 5.92 Å². The lowest BCUT2D eigenvalue weighted by Gasteiger charge is -2.44. The van der Waals surface area contributed by atoms with Crippen molar-refractivity contribution in [3.05, 3.63) is 22.9 Å². The fourth-order valence-corrected chi connectivity index (χ4v) is 7.08. The SMILES string of the molecule is CC(C)(C)N(C(=O)O)C(CCn1c(Sc2cc3c(cc2Br)OCO3)nc2c(N)ncnc21)C1CCCCC1. The van der Waals surface area contributed by atoms with Crippen LogP contribution in [0.25, 0.3) is 11.2 Å². The van der Waals surface area contributed by atoms with Crippen molar-refractivity contribution in [2.45, 2.75) is 87.5 Å². The van der Waals surface area contributed by atoms with Gasteiger partial charge < -0.3 is 29.8 Å². The molecule has 1 amide bonds. The van der Waals surface area contributed by atoms with Crippen molar-refractivity contribution < 1.29 is 19.4 Å². The highest BCUT2D eigenvalue weighted by molar-refractivity contribution is 9.10. The average molecular weight is 606 g/mol. The number of carboxylic acid groups (broad SMARTS) is 1. The smallest absolute Gasteiger partial charge is 0.407 e. The monoisotopic (exact) mass is 604 g/mol. The molecule has 5 rings (SSSR count). The van der Waals surface area contributed by atoms with E-state index >= 15 is 0 Å². The second-order valence-corrected chi connectivity index (χ2v) is 12.7. The number of nitrogen functional groups attached to an aromatic ring is 1. The summed E-state index contributed by atoms with van der Waals surface area (Å²) in [5, 5.41) is 11.0. The number of anilines is 1. The van der Waals surface area contributed by atoms with Crippen molar-refractivity contribution in [3.8, 4) is 11.5 Å². The van der Waals surface area contributed by atoms with Crippen molar-refractivity contribution in [3.63, 3.8) is 0 Å². The zero-order valence-corrected chi connectivity index (χ0v) is 24.2. The fraction of sp³-hybridized carbons (Fsp3) is 0.538. The number of aryl methyl sites for hydroxylation is 1. The molecule has 1 aliphatic heterocycles. The number of carbonyl (C=O) groups is 1. The molecule has 1 atom stereocenters. The van der Waals surface area contributed by atoms with Crippen LogP contribution in [0.3, 0.4) is 0 Å². The molecule has 3 heterocycles. The standard InChI is InChI=1S/C26H33BrN6O4S/c1-26(2,3)33(25(34)35)17(15-7-5-4-6-8-15)9-10-32-23-21(22(28)29-13-30-23)31-24(32)38-20-12-19-18(11-16(20)27)36-14-37-19/h11-13,15,17H,4-10,14H2,1-3H3,(H,34,35)(H2,28,29,30). The zero-order valence-electron chi connectivity index (χ0n) is 21.8. The number of nitrogens with two attached hydrogens (primary N) is 1. The van der Waals surface area contributed by atoms with Gasteiger partial charge in [-0.2, -0.15) is 0 Å².